The zero-order valence-corrected chi connectivity index (χ0v) is 11.1. The van der Waals surface area contributed by atoms with E-state index in [-0.39, 0.29) is 23.8 Å². The molecule has 0 spiro atoms. The maximum absolute atomic E-state index is 13.6. The van der Waals surface area contributed by atoms with Crippen molar-refractivity contribution in [3.05, 3.63) is 51.5 Å². The Morgan fingerprint density at radius 2 is 2.20 bits per heavy atom. The normalized spacial score (nSPS) is 10.1. The van der Waals surface area contributed by atoms with Crippen LogP contribution in [0.4, 0.5) is 4.39 Å². The molecule has 2 aromatic rings. The van der Waals surface area contributed by atoms with E-state index in [1.807, 2.05) is 5.43 Å². The Bertz CT molecular complexity index is 642. The zero-order valence-electron chi connectivity index (χ0n) is 10.3. The van der Waals surface area contributed by atoms with Gasteiger partial charge in [-0.1, -0.05) is 0 Å². The molecule has 1 heterocycles. The number of nitrogen functional groups attached to an aromatic ring is 1. The minimum absolute atomic E-state index is 0.0498. The first-order chi connectivity index (χ1) is 9.63. The van der Waals surface area contributed by atoms with Gasteiger partial charge in [0, 0.05) is 10.4 Å². The van der Waals surface area contributed by atoms with Gasteiger partial charge in [-0.15, -0.1) is 11.3 Å². The van der Waals surface area contributed by atoms with Crippen LogP contribution in [0.1, 0.15) is 24.9 Å². The Balaban J connectivity index is 2.03. The molecule has 104 valence electrons. The van der Waals surface area contributed by atoms with E-state index in [9.17, 15) is 14.0 Å². The van der Waals surface area contributed by atoms with Gasteiger partial charge >= 0.3 is 0 Å². The molecule has 0 saturated heterocycles. The topological polar surface area (TPSA) is 81.4 Å². The number of ether oxygens (including phenoxy) is 1. The fourth-order valence-corrected chi connectivity index (χ4v) is 2.33. The average Bonchev–Trinajstić information content (AvgIpc) is 2.94. The molecule has 0 aliphatic rings. The van der Waals surface area contributed by atoms with Crippen LogP contribution in [0, 0.1) is 5.82 Å². The maximum atomic E-state index is 13.6. The van der Waals surface area contributed by atoms with Crippen molar-refractivity contribution in [3.8, 4) is 5.75 Å². The monoisotopic (exact) mass is 294 g/mol. The van der Waals surface area contributed by atoms with Gasteiger partial charge in [-0.25, -0.2) is 10.2 Å². The Morgan fingerprint density at radius 1 is 1.40 bits per heavy atom. The number of thiophene rings is 1. The smallest absolute Gasteiger partial charge is 0.275 e. The molecular weight excluding hydrogens is 283 g/mol. The molecule has 7 heteroatoms. The molecule has 0 bridgehead atoms. The van der Waals surface area contributed by atoms with Crippen molar-refractivity contribution >= 4 is 23.5 Å². The van der Waals surface area contributed by atoms with E-state index in [4.69, 9.17) is 10.6 Å². The minimum atomic E-state index is -0.605. The van der Waals surface area contributed by atoms with Crippen LogP contribution in [0.3, 0.4) is 0 Å². The van der Waals surface area contributed by atoms with Crippen LogP contribution < -0.4 is 16.0 Å². The van der Waals surface area contributed by atoms with Gasteiger partial charge in [-0.2, -0.15) is 0 Å². The molecule has 0 aliphatic heterocycles. The van der Waals surface area contributed by atoms with E-state index in [0.717, 1.165) is 10.9 Å². The second-order valence-electron chi connectivity index (χ2n) is 3.84. The molecule has 1 aromatic carbocycles. The number of carbonyl (C=O) groups is 2. The SMILES string of the molecule is NNC(=O)c1ccc(COc2ccc(C=O)cc2F)s1. The third-order valence-corrected chi connectivity index (χ3v) is 3.54. The van der Waals surface area contributed by atoms with Gasteiger partial charge in [-0.3, -0.25) is 15.0 Å². The quantitative estimate of drug-likeness (QED) is 0.382. The fraction of sp³-hybridized carbons (Fsp3) is 0.0769. The molecule has 0 unspecified atom stereocenters. The zero-order chi connectivity index (χ0) is 14.5. The second kappa shape index (κ2) is 6.27. The van der Waals surface area contributed by atoms with Crippen molar-refractivity contribution in [1.29, 1.82) is 0 Å². The van der Waals surface area contributed by atoms with Gasteiger partial charge in [-0.05, 0) is 30.3 Å². The van der Waals surface area contributed by atoms with Crippen molar-refractivity contribution in [1.82, 2.24) is 5.43 Å². The van der Waals surface area contributed by atoms with E-state index in [1.54, 1.807) is 12.1 Å². The lowest BCUT2D eigenvalue weighted by Gasteiger charge is -2.05. The minimum Gasteiger partial charge on any atom is -0.485 e. The third kappa shape index (κ3) is 3.19. The fourth-order valence-electron chi connectivity index (χ4n) is 1.50. The summed E-state index contributed by atoms with van der Waals surface area (Å²) in [5.41, 5.74) is 2.27. The van der Waals surface area contributed by atoms with Crippen molar-refractivity contribution in [2.24, 2.45) is 5.84 Å². The standard InChI is InChI=1S/C13H11FN2O3S/c14-10-5-8(6-17)1-3-11(10)19-7-9-2-4-12(20-9)13(18)16-15/h1-6H,7,15H2,(H,16,18). The van der Waals surface area contributed by atoms with Crippen molar-refractivity contribution in [2.45, 2.75) is 6.61 Å². The van der Waals surface area contributed by atoms with Crippen LogP contribution >= 0.6 is 11.3 Å². The molecular formula is C13H11FN2O3S. The molecule has 0 fully saturated rings. The summed E-state index contributed by atoms with van der Waals surface area (Å²) < 4.78 is 18.9. The predicted octanol–water partition coefficient (Wildman–Crippen LogP) is 1.88. The van der Waals surface area contributed by atoms with E-state index < -0.39 is 5.82 Å². The molecule has 1 aromatic heterocycles. The number of benzene rings is 1. The van der Waals surface area contributed by atoms with Crippen molar-refractivity contribution < 1.29 is 18.7 Å². The van der Waals surface area contributed by atoms with Crippen LogP contribution in [-0.4, -0.2) is 12.2 Å². The molecule has 0 atom stereocenters. The number of aldehydes is 1. The molecule has 0 aliphatic carbocycles. The molecule has 3 N–H and O–H groups in total. The maximum Gasteiger partial charge on any atom is 0.275 e. The number of nitrogens with one attached hydrogen (secondary N) is 1. The number of hydrazine groups is 1. The number of halogens is 1. The average molecular weight is 294 g/mol. The van der Waals surface area contributed by atoms with Crippen molar-refractivity contribution in [3.63, 3.8) is 0 Å². The lowest BCUT2D eigenvalue weighted by atomic mass is 10.2. The molecule has 20 heavy (non-hydrogen) atoms. The first kappa shape index (κ1) is 14.2. The van der Waals surface area contributed by atoms with Crippen LogP contribution in [0.15, 0.2) is 30.3 Å². The van der Waals surface area contributed by atoms with Crippen LogP contribution in [0.25, 0.3) is 0 Å². The van der Waals surface area contributed by atoms with Gasteiger partial charge in [0.15, 0.2) is 11.6 Å². The summed E-state index contributed by atoms with van der Waals surface area (Å²) in [7, 11) is 0. The Labute approximate surface area is 118 Å². The number of carbonyl (C=O) groups excluding carboxylic acids is 2. The van der Waals surface area contributed by atoms with Crippen molar-refractivity contribution in [2.75, 3.05) is 0 Å². The highest BCUT2D eigenvalue weighted by molar-refractivity contribution is 7.14. The summed E-state index contributed by atoms with van der Waals surface area (Å²) in [6, 6.07) is 7.27. The first-order valence-electron chi connectivity index (χ1n) is 5.61. The highest BCUT2D eigenvalue weighted by Crippen LogP contribution is 2.22. The van der Waals surface area contributed by atoms with E-state index >= 15 is 0 Å². The lowest BCUT2D eigenvalue weighted by molar-refractivity contribution is 0.0957. The summed E-state index contributed by atoms with van der Waals surface area (Å²) in [6.07, 6.45) is 0.559. The lowest BCUT2D eigenvalue weighted by Crippen LogP contribution is -2.29. The highest BCUT2D eigenvalue weighted by atomic mass is 32.1. The van der Waals surface area contributed by atoms with Gasteiger partial charge in [0.05, 0.1) is 4.88 Å². The van der Waals surface area contributed by atoms with Crippen LogP contribution in [0.5, 0.6) is 5.75 Å². The Kier molecular flexibility index (Phi) is 4.44. The molecule has 5 nitrogen and oxygen atoms in total. The van der Waals surface area contributed by atoms with E-state index in [2.05, 4.69) is 0 Å². The molecule has 1 amide bonds. The number of hydrogen-bond donors (Lipinski definition) is 2. The summed E-state index contributed by atoms with van der Waals surface area (Å²) in [4.78, 5) is 23.0. The van der Waals surface area contributed by atoms with E-state index in [0.29, 0.717) is 11.2 Å². The number of hydrogen-bond acceptors (Lipinski definition) is 5. The molecule has 0 radical (unpaired) electrons. The number of amides is 1. The first-order valence-corrected chi connectivity index (χ1v) is 6.43. The molecule has 2 rings (SSSR count). The van der Waals surface area contributed by atoms with E-state index in [1.165, 1.54) is 23.5 Å². The number of nitrogens with two attached hydrogens (primary N) is 1. The summed E-state index contributed by atoms with van der Waals surface area (Å²) >= 11 is 1.20. The largest absolute Gasteiger partial charge is 0.485 e. The summed E-state index contributed by atoms with van der Waals surface area (Å²) in [6.45, 7) is 0.125. The van der Waals surface area contributed by atoms with Gasteiger partial charge in [0.25, 0.3) is 5.91 Å². The second-order valence-corrected chi connectivity index (χ2v) is 5.00. The highest BCUT2D eigenvalue weighted by Gasteiger charge is 2.09. The Hall–Kier alpha value is -2.25. The third-order valence-electron chi connectivity index (χ3n) is 2.48. The van der Waals surface area contributed by atoms with Crippen LogP contribution in [-0.2, 0) is 6.61 Å². The van der Waals surface area contributed by atoms with Gasteiger partial charge in [0.2, 0.25) is 0 Å². The van der Waals surface area contributed by atoms with Crippen LogP contribution in [0.2, 0.25) is 0 Å². The summed E-state index contributed by atoms with van der Waals surface area (Å²) in [5.74, 6) is 4.08. The summed E-state index contributed by atoms with van der Waals surface area (Å²) in [5, 5.41) is 0. The predicted molar refractivity (Wildman–Crippen MR) is 72.1 cm³/mol. The Morgan fingerprint density at radius 3 is 2.85 bits per heavy atom. The van der Waals surface area contributed by atoms with Gasteiger partial charge in [0.1, 0.15) is 12.9 Å². The molecule has 0 saturated carbocycles. The number of rotatable bonds is 5. The van der Waals surface area contributed by atoms with Gasteiger partial charge < -0.3 is 4.74 Å².